The molecule has 0 bridgehead atoms. The summed E-state index contributed by atoms with van der Waals surface area (Å²) in [4.78, 5) is 21.5. The third kappa shape index (κ3) is 2.37. The lowest BCUT2D eigenvalue weighted by atomic mass is 10.1. The van der Waals surface area contributed by atoms with Crippen LogP contribution in [0.15, 0.2) is 12.1 Å². The van der Waals surface area contributed by atoms with E-state index < -0.39 is 28.7 Å². The number of ether oxygens (including phenoxy) is 1. The molecule has 0 aliphatic heterocycles. The van der Waals surface area contributed by atoms with Gasteiger partial charge in [0.2, 0.25) is 0 Å². The molecule has 0 amide bonds. The van der Waals surface area contributed by atoms with Crippen molar-refractivity contribution < 1.29 is 23.1 Å². The Morgan fingerprint density at radius 1 is 1.47 bits per heavy atom. The van der Waals surface area contributed by atoms with Crippen molar-refractivity contribution in [1.29, 1.82) is 0 Å². The monoisotopic (exact) mass is 214 g/mol. The molecule has 0 saturated carbocycles. The predicted molar refractivity (Wildman–Crippen MR) is 47.7 cm³/mol. The van der Waals surface area contributed by atoms with Crippen molar-refractivity contribution >= 4 is 12.3 Å². The number of aldehydes is 1. The predicted octanol–water partition coefficient (Wildman–Crippen LogP) is 1.95. The van der Waals surface area contributed by atoms with Gasteiger partial charge in [-0.1, -0.05) is 0 Å². The SMILES string of the molecule is CCOC(=O)c1cc(F)cc(C=O)c1F. The third-order valence-electron chi connectivity index (χ3n) is 1.69. The number of carbonyl (C=O) groups is 2. The number of benzene rings is 1. The molecule has 0 fully saturated rings. The number of hydrogen-bond donors (Lipinski definition) is 0. The van der Waals surface area contributed by atoms with Crippen LogP contribution in [0.2, 0.25) is 0 Å². The summed E-state index contributed by atoms with van der Waals surface area (Å²) in [6, 6.07) is 1.41. The van der Waals surface area contributed by atoms with E-state index in [1.54, 1.807) is 0 Å². The molecule has 0 aliphatic carbocycles. The maximum absolute atomic E-state index is 13.3. The second kappa shape index (κ2) is 4.63. The van der Waals surface area contributed by atoms with E-state index in [0.717, 1.165) is 0 Å². The molecular weight excluding hydrogens is 206 g/mol. The van der Waals surface area contributed by atoms with Crippen LogP contribution in [0, 0.1) is 11.6 Å². The highest BCUT2D eigenvalue weighted by molar-refractivity contribution is 5.92. The Morgan fingerprint density at radius 2 is 2.13 bits per heavy atom. The van der Waals surface area contributed by atoms with Crippen molar-refractivity contribution in [1.82, 2.24) is 0 Å². The van der Waals surface area contributed by atoms with Gasteiger partial charge in [-0.25, -0.2) is 13.6 Å². The van der Waals surface area contributed by atoms with Gasteiger partial charge in [-0.3, -0.25) is 4.79 Å². The summed E-state index contributed by atoms with van der Waals surface area (Å²) in [5, 5.41) is 0. The minimum absolute atomic E-state index is 0.0468. The van der Waals surface area contributed by atoms with Gasteiger partial charge in [0.25, 0.3) is 0 Å². The molecule has 0 aromatic heterocycles. The third-order valence-corrected chi connectivity index (χ3v) is 1.69. The Bertz CT molecular complexity index is 402. The van der Waals surface area contributed by atoms with Gasteiger partial charge in [-0.05, 0) is 19.1 Å². The van der Waals surface area contributed by atoms with Gasteiger partial charge in [0.1, 0.15) is 11.6 Å². The average molecular weight is 214 g/mol. The smallest absolute Gasteiger partial charge is 0.341 e. The molecule has 1 aromatic rings. The standard InChI is InChI=1S/C10H8F2O3/c1-2-15-10(14)8-4-7(11)3-6(5-13)9(8)12/h3-5H,2H2,1H3. The number of rotatable bonds is 3. The van der Waals surface area contributed by atoms with E-state index in [1.807, 2.05) is 0 Å². The van der Waals surface area contributed by atoms with E-state index in [0.29, 0.717) is 12.1 Å². The van der Waals surface area contributed by atoms with E-state index in [4.69, 9.17) is 0 Å². The molecule has 0 spiro atoms. The van der Waals surface area contributed by atoms with E-state index in [1.165, 1.54) is 6.92 Å². The molecule has 1 aromatic carbocycles. The number of esters is 1. The quantitative estimate of drug-likeness (QED) is 0.570. The van der Waals surface area contributed by atoms with Crippen LogP contribution in [-0.2, 0) is 4.74 Å². The van der Waals surface area contributed by atoms with Crippen LogP contribution in [-0.4, -0.2) is 18.9 Å². The molecule has 80 valence electrons. The Morgan fingerprint density at radius 3 is 2.67 bits per heavy atom. The maximum Gasteiger partial charge on any atom is 0.341 e. The molecule has 0 saturated heterocycles. The van der Waals surface area contributed by atoms with Gasteiger partial charge in [0.15, 0.2) is 6.29 Å². The summed E-state index contributed by atoms with van der Waals surface area (Å²) >= 11 is 0. The highest BCUT2D eigenvalue weighted by atomic mass is 19.1. The molecule has 0 radical (unpaired) electrons. The second-order valence-corrected chi connectivity index (χ2v) is 2.69. The first-order chi connectivity index (χ1) is 7.10. The lowest BCUT2D eigenvalue weighted by Crippen LogP contribution is -2.09. The summed E-state index contributed by atoms with van der Waals surface area (Å²) < 4.78 is 30.7. The lowest BCUT2D eigenvalue weighted by molar-refractivity contribution is 0.0520. The first-order valence-electron chi connectivity index (χ1n) is 4.21. The van der Waals surface area contributed by atoms with Gasteiger partial charge >= 0.3 is 5.97 Å². The fourth-order valence-corrected chi connectivity index (χ4v) is 1.05. The Hall–Kier alpha value is -1.78. The molecule has 5 heteroatoms. The molecule has 3 nitrogen and oxygen atoms in total. The highest BCUT2D eigenvalue weighted by Crippen LogP contribution is 2.15. The topological polar surface area (TPSA) is 43.4 Å². The van der Waals surface area contributed by atoms with Crippen LogP contribution in [0.1, 0.15) is 27.6 Å². The van der Waals surface area contributed by atoms with Crippen LogP contribution < -0.4 is 0 Å². The first-order valence-corrected chi connectivity index (χ1v) is 4.21. The van der Waals surface area contributed by atoms with E-state index in [9.17, 15) is 18.4 Å². The lowest BCUT2D eigenvalue weighted by Gasteiger charge is -2.04. The van der Waals surface area contributed by atoms with Crippen molar-refractivity contribution in [3.8, 4) is 0 Å². The number of halogens is 2. The molecule has 0 heterocycles. The summed E-state index contributed by atoms with van der Waals surface area (Å²) in [6.07, 6.45) is 0.140. The fraction of sp³-hybridized carbons (Fsp3) is 0.200. The minimum atomic E-state index is -1.06. The molecule has 0 aliphatic rings. The van der Waals surface area contributed by atoms with Crippen LogP contribution in [0.3, 0.4) is 0 Å². The highest BCUT2D eigenvalue weighted by Gasteiger charge is 2.17. The maximum atomic E-state index is 13.3. The van der Waals surface area contributed by atoms with Gasteiger partial charge in [0.05, 0.1) is 17.7 Å². The minimum Gasteiger partial charge on any atom is -0.462 e. The Kier molecular flexibility index (Phi) is 3.49. The van der Waals surface area contributed by atoms with E-state index >= 15 is 0 Å². The largest absolute Gasteiger partial charge is 0.462 e. The summed E-state index contributed by atoms with van der Waals surface area (Å²) in [5.74, 6) is -2.91. The van der Waals surface area contributed by atoms with Gasteiger partial charge < -0.3 is 4.74 Å². The molecule has 0 N–H and O–H groups in total. The van der Waals surface area contributed by atoms with Crippen molar-refractivity contribution in [3.05, 3.63) is 34.9 Å². The number of hydrogen-bond acceptors (Lipinski definition) is 3. The van der Waals surface area contributed by atoms with Crippen molar-refractivity contribution in [2.75, 3.05) is 6.61 Å². The summed E-state index contributed by atoms with van der Waals surface area (Å²) in [7, 11) is 0. The molecule has 1 rings (SSSR count). The van der Waals surface area contributed by atoms with Crippen LogP contribution in [0.4, 0.5) is 8.78 Å². The van der Waals surface area contributed by atoms with Crippen LogP contribution in [0.25, 0.3) is 0 Å². The first kappa shape index (κ1) is 11.3. The van der Waals surface area contributed by atoms with Crippen LogP contribution in [0.5, 0.6) is 0 Å². The molecule has 0 atom stereocenters. The van der Waals surface area contributed by atoms with E-state index in [2.05, 4.69) is 4.74 Å². The molecular formula is C10H8F2O3. The zero-order valence-corrected chi connectivity index (χ0v) is 7.92. The normalized spacial score (nSPS) is 9.80. The van der Waals surface area contributed by atoms with E-state index in [-0.39, 0.29) is 12.9 Å². The fourth-order valence-electron chi connectivity index (χ4n) is 1.05. The zero-order valence-electron chi connectivity index (χ0n) is 7.92. The summed E-state index contributed by atoms with van der Waals surface area (Å²) in [6.45, 7) is 1.58. The van der Waals surface area contributed by atoms with Crippen molar-refractivity contribution in [2.24, 2.45) is 0 Å². The number of carbonyl (C=O) groups excluding carboxylic acids is 2. The van der Waals surface area contributed by atoms with Gasteiger partial charge in [-0.15, -0.1) is 0 Å². The zero-order chi connectivity index (χ0) is 11.4. The van der Waals surface area contributed by atoms with Crippen LogP contribution >= 0.6 is 0 Å². The van der Waals surface area contributed by atoms with Gasteiger partial charge in [0, 0.05) is 0 Å². The average Bonchev–Trinajstić information content (AvgIpc) is 2.21. The van der Waals surface area contributed by atoms with Crippen molar-refractivity contribution in [2.45, 2.75) is 6.92 Å². The van der Waals surface area contributed by atoms with Crippen molar-refractivity contribution in [3.63, 3.8) is 0 Å². The summed E-state index contributed by atoms with van der Waals surface area (Å²) in [5.41, 5.74) is -1.07. The Labute approximate surface area is 84.7 Å². The Balaban J connectivity index is 3.22. The second-order valence-electron chi connectivity index (χ2n) is 2.69. The van der Waals surface area contributed by atoms with Gasteiger partial charge in [-0.2, -0.15) is 0 Å². The molecule has 15 heavy (non-hydrogen) atoms. The molecule has 0 unspecified atom stereocenters.